The van der Waals surface area contributed by atoms with E-state index in [1.807, 2.05) is 28.7 Å². The highest BCUT2D eigenvalue weighted by Crippen LogP contribution is 2.21. The number of carbonyl (C=O) groups excluding carboxylic acids is 1. The first kappa shape index (κ1) is 15.8. The number of nitrogens with two attached hydrogens (primary N) is 1. The maximum Gasteiger partial charge on any atom is 0.254 e. The Labute approximate surface area is 140 Å². The number of aromatic nitrogens is 1. The van der Waals surface area contributed by atoms with Gasteiger partial charge in [0.15, 0.2) is 0 Å². The molecule has 0 spiro atoms. The van der Waals surface area contributed by atoms with Gasteiger partial charge in [0, 0.05) is 24.5 Å². The molecule has 5 nitrogen and oxygen atoms in total. The maximum absolute atomic E-state index is 12.6. The van der Waals surface area contributed by atoms with Gasteiger partial charge in [-0.2, -0.15) is 11.3 Å². The van der Waals surface area contributed by atoms with Crippen molar-refractivity contribution in [2.24, 2.45) is 0 Å². The number of thiophene rings is 1. The second kappa shape index (κ2) is 7.00. The monoisotopic (exact) mass is 330 g/mol. The van der Waals surface area contributed by atoms with Crippen LogP contribution in [0.2, 0.25) is 0 Å². The Kier molecular flexibility index (Phi) is 4.81. The first-order valence-electron chi connectivity index (χ1n) is 7.93. The highest BCUT2D eigenvalue weighted by Gasteiger charge is 2.22. The number of pyridine rings is 1. The van der Waals surface area contributed by atoms with Crippen molar-refractivity contribution in [3.05, 3.63) is 40.2 Å². The Hall–Kier alpha value is -2.08. The number of rotatable bonds is 3. The van der Waals surface area contributed by atoms with Crippen molar-refractivity contribution in [1.29, 1.82) is 0 Å². The van der Waals surface area contributed by atoms with E-state index in [1.165, 1.54) is 0 Å². The van der Waals surface area contributed by atoms with Crippen molar-refractivity contribution in [2.45, 2.75) is 32.2 Å². The first-order chi connectivity index (χ1) is 11.1. The summed E-state index contributed by atoms with van der Waals surface area (Å²) < 4.78 is 0. The summed E-state index contributed by atoms with van der Waals surface area (Å²) in [6.07, 6.45) is 4.77. The van der Waals surface area contributed by atoms with Gasteiger partial charge in [-0.05, 0) is 49.3 Å². The summed E-state index contributed by atoms with van der Waals surface area (Å²) >= 11 is 1.59. The third-order valence-corrected chi connectivity index (χ3v) is 5.12. The van der Waals surface area contributed by atoms with Crippen LogP contribution in [0.5, 0.6) is 0 Å². The van der Waals surface area contributed by atoms with Crippen LogP contribution in [0, 0.1) is 6.92 Å². The Morgan fingerprint density at radius 1 is 1.35 bits per heavy atom. The minimum absolute atomic E-state index is 0.165. The number of nitrogens with zero attached hydrogens (tertiary/aromatic N) is 2. The van der Waals surface area contributed by atoms with E-state index in [0.717, 1.165) is 49.2 Å². The summed E-state index contributed by atoms with van der Waals surface area (Å²) in [5.74, 6) is 0.692. The summed E-state index contributed by atoms with van der Waals surface area (Å²) in [6.45, 7) is 3.61. The number of anilines is 2. The molecule has 1 amide bonds. The molecule has 0 aromatic carbocycles. The van der Waals surface area contributed by atoms with Crippen LogP contribution in [0.4, 0.5) is 11.5 Å². The topological polar surface area (TPSA) is 71.2 Å². The maximum atomic E-state index is 12.6. The molecule has 0 aliphatic carbocycles. The Morgan fingerprint density at radius 3 is 2.91 bits per heavy atom. The van der Waals surface area contributed by atoms with Gasteiger partial charge in [-0.25, -0.2) is 4.98 Å². The Balaban J connectivity index is 1.60. The largest absolute Gasteiger partial charge is 0.384 e. The molecule has 0 radical (unpaired) electrons. The number of amides is 1. The molecule has 122 valence electrons. The molecule has 1 fully saturated rings. The smallest absolute Gasteiger partial charge is 0.254 e. The number of nitrogen functional groups attached to an aromatic ring is 1. The molecule has 1 saturated heterocycles. The first-order valence-corrected chi connectivity index (χ1v) is 8.88. The lowest BCUT2D eigenvalue weighted by molar-refractivity contribution is 0.0761. The molecule has 0 saturated carbocycles. The van der Waals surface area contributed by atoms with E-state index < -0.39 is 0 Å². The fraction of sp³-hybridized carbons (Fsp3) is 0.412. The van der Waals surface area contributed by atoms with Crippen molar-refractivity contribution in [3.8, 4) is 0 Å². The van der Waals surface area contributed by atoms with Gasteiger partial charge in [0.2, 0.25) is 0 Å². The lowest BCUT2D eigenvalue weighted by Crippen LogP contribution is -2.32. The van der Waals surface area contributed by atoms with E-state index in [0.29, 0.717) is 11.9 Å². The van der Waals surface area contributed by atoms with Gasteiger partial charge in [-0.15, -0.1) is 0 Å². The highest BCUT2D eigenvalue weighted by molar-refractivity contribution is 7.08. The van der Waals surface area contributed by atoms with E-state index in [2.05, 4.69) is 10.3 Å². The molecule has 1 atom stereocenters. The van der Waals surface area contributed by atoms with Gasteiger partial charge in [-0.1, -0.05) is 0 Å². The van der Waals surface area contributed by atoms with Gasteiger partial charge < -0.3 is 16.0 Å². The summed E-state index contributed by atoms with van der Waals surface area (Å²) in [4.78, 5) is 18.7. The second-order valence-corrected chi connectivity index (χ2v) is 6.75. The average Bonchev–Trinajstić information content (AvgIpc) is 2.84. The second-order valence-electron chi connectivity index (χ2n) is 6.00. The van der Waals surface area contributed by atoms with Crippen LogP contribution in [-0.2, 0) is 0 Å². The number of hydrogen-bond acceptors (Lipinski definition) is 5. The quantitative estimate of drug-likeness (QED) is 0.907. The number of carbonyl (C=O) groups is 1. The minimum Gasteiger partial charge on any atom is -0.384 e. The third-order valence-electron chi connectivity index (χ3n) is 4.26. The number of likely N-dealkylation sites (tertiary alicyclic amines) is 1. The molecular weight excluding hydrogens is 308 g/mol. The number of nitrogens with one attached hydrogen (secondary N) is 1. The van der Waals surface area contributed by atoms with Gasteiger partial charge in [0.25, 0.3) is 5.91 Å². The summed E-state index contributed by atoms with van der Waals surface area (Å²) in [7, 11) is 0. The molecular formula is C17H22N4OS. The molecule has 1 aliphatic heterocycles. The normalized spacial score (nSPS) is 18.5. The molecule has 3 rings (SSSR count). The van der Waals surface area contributed by atoms with Crippen molar-refractivity contribution < 1.29 is 4.79 Å². The zero-order chi connectivity index (χ0) is 16.2. The Bertz CT molecular complexity index is 667. The summed E-state index contributed by atoms with van der Waals surface area (Å²) in [5, 5.41) is 7.49. The minimum atomic E-state index is 0.165. The van der Waals surface area contributed by atoms with Crippen LogP contribution in [0.25, 0.3) is 0 Å². The van der Waals surface area contributed by atoms with E-state index >= 15 is 0 Å². The van der Waals surface area contributed by atoms with Crippen molar-refractivity contribution in [2.75, 3.05) is 24.1 Å². The average molecular weight is 330 g/mol. The third kappa shape index (κ3) is 3.82. The summed E-state index contributed by atoms with van der Waals surface area (Å²) in [6, 6.07) is 4.11. The van der Waals surface area contributed by atoms with Crippen LogP contribution in [-0.4, -0.2) is 34.9 Å². The fourth-order valence-electron chi connectivity index (χ4n) is 2.92. The van der Waals surface area contributed by atoms with Crippen LogP contribution in [0.1, 0.15) is 35.2 Å². The predicted molar refractivity (Wildman–Crippen MR) is 94.9 cm³/mol. The van der Waals surface area contributed by atoms with Crippen LogP contribution < -0.4 is 11.1 Å². The zero-order valence-corrected chi connectivity index (χ0v) is 14.1. The van der Waals surface area contributed by atoms with E-state index in [-0.39, 0.29) is 5.91 Å². The molecule has 0 bridgehead atoms. The van der Waals surface area contributed by atoms with E-state index in [9.17, 15) is 4.79 Å². The van der Waals surface area contributed by atoms with Gasteiger partial charge in [-0.3, -0.25) is 4.79 Å². The molecule has 3 N–H and O–H groups in total. The fourth-order valence-corrected chi connectivity index (χ4v) is 3.74. The lowest BCUT2D eigenvalue weighted by Gasteiger charge is -2.21. The van der Waals surface area contributed by atoms with Crippen molar-refractivity contribution in [3.63, 3.8) is 0 Å². The highest BCUT2D eigenvalue weighted by atomic mass is 32.1. The molecule has 0 unspecified atom stereocenters. The Morgan fingerprint density at radius 2 is 2.22 bits per heavy atom. The summed E-state index contributed by atoms with van der Waals surface area (Å²) in [5.41, 5.74) is 8.52. The van der Waals surface area contributed by atoms with Gasteiger partial charge >= 0.3 is 0 Å². The van der Waals surface area contributed by atoms with E-state index in [1.54, 1.807) is 23.6 Å². The van der Waals surface area contributed by atoms with Gasteiger partial charge in [0.05, 0.1) is 17.4 Å². The molecule has 3 heterocycles. The van der Waals surface area contributed by atoms with Gasteiger partial charge in [0.1, 0.15) is 5.82 Å². The van der Waals surface area contributed by atoms with Crippen LogP contribution in [0.3, 0.4) is 0 Å². The molecule has 2 aromatic rings. The number of hydrogen-bond donors (Lipinski definition) is 2. The van der Waals surface area contributed by atoms with Crippen molar-refractivity contribution >= 4 is 28.7 Å². The molecule has 1 aliphatic rings. The molecule has 6 heteroatoms. The number of aryl methyl sites for hydroxylation is 1. The standard InChI is InChI=1S/C17H22N4OS/c1-12-10-23-11-15(12)17(22)21-7-2-3-13(6-8-21)20-14-4-5-16(18)19-9-14/h4-5,9-11,13,20H,2-3,6-8H2,1H3,(H2,18,19)/t13-/m0/s1. The SMILES string of the molecule is Cc1cscc1C(=O)N1CCC[C@H](Nc2ccc(N)nc2)CC1. The van der Waals surface area contributed by atoms with Crippen LogP contribution >= 0.6 is 11.3 Å². The van der Waals surface area contributed by atoms with Crippen molar-refractivity contribution in [1.82, 2.24) is 9.88 Å². The zero-order valence-electron chi connectivity index (χ0n) is 13.3. The van der Waals surface area contributed by atoms with E-state index in [4.69, 9.17) is 5.73 Å². The lowest BCUT2D eigenvalue weighted by atomic mass is 10.1. The van der Waals surface area contributed by atoms with Crippen LogP contribution in [0.15, 0.2) is 29.1 Å². The predicted octanol–water partition coefficient (Wildman–Crippen LogP) is 3.14. The molecule has 23 heavy (non-hydrogen) atoms. The molecule has 2 aromatic heterocycles.